The fraction of sp³-hybridized carbons (Fsp3) is 0.769. The van der Waals surface area contributed by atoms with E-state index in [0.29, 0.717) is 24.6 Å². The number of aryl methyl sites for hydroxylation is 2. The van der Waals surface area contributed by atoms with E-state index in [1.807, 2.05) is 0 Å². The lowest BCUT2D eigenvalue weighted by atomic mass is 9.85. The second kappa shape index (κ2) is 6.65. The third kappa shape index (κ3) is 4.02. The van der Waals surface area contributed by atoms with Crippen LogP contribution in [0.1, 0.15) is 43.8 Å². The maximum Gasteiger partial charge on any atom is 0.227 e. The van der Waals surface area contributed by atoms with Gasteiger partial charge < -0.3 is 14.9 Å². The summed E-state index contributed by atoms with van der Waals surface area (Å²) < 4.78 is 4.97. The van der Waals surface area contributed by atoms with Gasteiger partial charge in [0.25, 0.3) is 0 Å². The van der Waals surface area contributed by atoms with Crippen LogP contribution in [0.15, 0.2) is 4.52 Å². The van der Waals surface area contributed by atoms with Gasteiger partial charge in [0.1, 0.15) is 0 Å². The molecule has 0 radical (unpaired) electrons. The summed E-state index contributed by atoms with van der Waals surface area (Å²) in [6, 6.07) is 0.107. The van der Waals surface area contributed by atoms with Crippen LogP contribution in [0.4, 0.5) is 0 Å². The van der Waals surface area contributed by atoms with Crippen molar-refractivity contribution in [3.63, 3.8) is 0 Å². The lowest BCUT2D eigenvalue weighted by Crippen LogP contribution is -2.43. The molecule has 1 heterocycles. The number of aliphatic hydroxyl groups excluding tert-OH is 1. The van der Waals surface area contributed by atoms with E-state index in [-0.39, 0.29) is 24.5 Å². The van der Waals surface area contributed by atoms with Gasteiger partial charge in [0.2, 0.25) is 11.8 Å². The molecule has 1 aromatic rings. The minimum Gasteiger partial charge on any atom is -0.396 e. The van der Waals surface area contributed by atoms with Gasteiger partial charge >= 0.3 is 0 Å². The third-order valence-corrected chi connectivity index (χ3v) is 3.63. The molecule has 19 heavy (non-hydrogen) atoms. The Labute approximate surface area is 112 Å². The number of amides is 1. The number of nitrogens with zero attached hydrogens (tertiary/aromatic N) is 2. The van der Waals surface area contributed by atoms with Crippen LogP contribution in [0.3, 0.4) is 0 Å². The molecule has 1 saturated carbocycles. The van der Waals surface area contributed by atoms with Gasteiger partial charge in [-0.2, -0.15) is 4.98 Å². The van der Waals surface area contributed by atoms with E-state index < -0.39 is 0 Å². The predicted octanol–water partition coefficient (Wildman–Crippen LogP) is 0.978. The molecular weight excluding hydrogens is 246 g/mol. The van der Waals surface area contributed by atoms with Gasteiger partial charge in [-0.1, -0.05) is 18.0 Å². The van der Waals surface area contributed by atoms with Crippen molar-refractivity contribution in [2.45, 2.75) is 51.5 Å². The second-order valence-electron chi connectivity index (χ2n) is 5.14. The zero-order valence-electron chi connectivity index (χ0n) is 11.3. The van der Waals surface area contributed by atoms with Crippen molar-refractivity contribution in [2.75, 3.05) is 6.61 Å². The fourth-order valence-corrected chi connectivity index (χ4v) is 2.56. The van der Waals surface area contributed by atoms with Gasteiger partial charge in [-0.15, -0.1) is 0 Å². The molecule has 2 unspecified atom stereocenters. The van der Waals surface area contributed by atoms with E-state index in [1.165, 1.54) is 0 Å². The van der Waals surface area contributed by atoms with E-state index >= 15 is 0 Å². The van der Waals surface area contributed by atoms with Crippen LogP contribution in [-0.4, -0.2) is 33.8 Å². The van der Waals surface area contributed by atoms with Crippen molar-refractivity contribution in [1.29, 1.82) is 0 Å². The van der Waals surface area contributed by atoms with Crippen LogP contribution < -0.4 is 5.32 Å². The molecular formula is C13H21N3O3. The number of hydrogen-bond acceptors (Lipinski definition) is 5. The first-order valence-corrected chi connectivity index (χ1v) is 6.88. The van der Waals surface area contributed by atoms with Gasteiger partial charge in [0.15, 0.2) is 5.82 Å². The van der Waals surface area contributed by atoms with Gasteiger partial charge in [0.05, 0.1) is 0 Å². The second-order valence-corrected chi connectivity index (χ2v) is 5.14. The molecule has 0 bridgehead atoms. The highest BCUT2D eigenvalue weighted by atomic mass is 16.5. The molecule has 106 valence electrons. The Hall–Kier alpha value is -1.43. The van der Waals surface area contributed by atoms with Crippen molar-refractivity contribution >= 4 is 5.91 Å². The Morgan fingerprint density at radius 1 is 1.47 bits per heavy atom. The molecule has 2 rings (SSSR count). The lowest BCUT2D eigenvalue weighted by molar-refractivity contribution is -0.122. The monoisotopic (exact) mass is 267 g/mol. The maximum absolute atomic E-state index is 11.9. The van der Waals surface area contributed by atoms with Crippen LogP contribution in [-0.2, 0) is 11.2 Å². The number of nitrogens with one attached hydrogen (secondary N) is 1. The number of carbonyl (C=O) groups is 1. The lowest BCUT2D eigenvalue weighted by Gasteiger charge is -2.30. The number of aromatic nitrogens is 2. The molecule has 0 aliphatic heterocycles. The van der Waals surface area contributed by atoms with E-state index in [9.17, 15) is 9.90 Å². The van der Waals surface area contributed by atoms with Gasteiger partial charge in [0, 0.05) is 31.4 Å². The molecule has 1 aromatic heterocycles. The van der Waals surface area contributed by atoms with Crippen LogP contribution in [0, 0.1) is 12.8 Å². The first-order chi connectivity index (χ1) is 9.19. The summed E-state index contributed by atoms with van der Waals surface area (Å²) in [6.45, 7) is 1.90. The Morgan fingerprint density at radius 2 is 2.26 bits per heavy atom. The summed E-state index contributed by atoms with van der Waals surface area (Å²) in [7, 11) is 0. The van der Waals surface area contributed by atoms with Crippen molar-refractivity contribution < 1.29 is 14.4 Å². The first kappa shape index (κ1) is 14.0. The highest BCUT2D eigenvalue weighted by Gasteiger charge is 2.25. The summed E-state index contributed by atoms with van der Waals surface area (Å²) in [5.41, 5.74) is 0. The summed E-state index contributed by atoms with van der Waals surface area (Å²) in [4.78, 5) is 15.9. The van der Waals surface area contributed by atoms with Crippen LogP contribution in [0.25, 0.3) is 0 Å². The van der Waals surface area contributed by atoms with Gasteiger partial charge in [-0.05, 0) is 19.8 Å². The quantitative estimate of drug-likeness (QED) is 0.830. The predicted molar refractivity (Wildman–Crippen MR) is 68.3 cm³/mol. The topological polar surface area (TPSA) is 88.2 Å². The molecule has 0 saturated heterocycles. The molecule has 0 aromatic carbocycles. The Bertz CT molecular complexity index is 419. The SMILES string of the molecule is Cc1noc(CCC(=O)NC2CCCCC2CO)n1. The largest absolute Gasteiger partial charge is 0.396 e. The Kier molecular flexibility index (Phi) is 4.90. The summed E-state index contributed by atoms with van der Waals surface area (Å²) in [5.74, 6) is 1.27. The van der Waals surface area contributed by atoms with E-state index in [2.05, 4.69) is 15.5 Å². The van der Waals surface area contributed by atoms with E-state index in [4.69, 9.17) is 4.52 Å². The van der Waals surface area contributed by atoms with Gasteiger partial charge in [-0.3, -0.25) is 4.79 Å². The summed E-state index contributed by atoms with van der Waals surface area (Å²) in [6.07, 6.45) is 5.00. The molecule has 1 aliphatic carbocycles. The smallest absolute Gasteiger partial charge is 0.227 e. The normalized spacial score (nSPS) is 23.3. The Balaban J connectivity index is 1.77. The molecule has 1 amide bonds. The first-order valence-electron chi connectivity index (χ1n) is 6.88. The van der Waals surface area contributed by atoms with E-state index in [1.54, 1.807) is 6.92 Å². The molecule has 2 N–H and O–H groups in total. The minimum absolute atomic E-state index is 0.0128. The van der Waals surface area contributed by atoms with Crippen molar-refractivity contribution in [2.24, 2.45) is 5.92 Å². The van der Waals surface area contributed by atoms with Crippen molar-refractivity contribution in [3.05, 3.63) is 11.7 Å². The summed E-state index contributed by atoms with van der Waals surface area (Å²) in [5, 5.41) is 16.0. The number of aliphatic hydroxyl groups is 1. The molecule has 1 fully saturated rings. The molecule has 2 atom stereocenters. The van der Waals surface area contributed by atoms with Crippen LogP contribution in [0.2, 0.25) is 0 Å². The molecule has 6 heteroatoms. The average molecular weight is 267 g/mol. The number of hydrogen-bond donors (Lipinski definition) is 2. The number of rotatable bonds is 5. The van der Waals surface area contributed by atoms with Crippen molar-refractivity contribution in [1.82, 2.24) is 15.5 Å². The molecule has 6 nitrogen and oxygen atoms in total. The average Bonchev–Trinajstić information content (AvgIpc) is 2.83. The fourth-order valence-electron chi connectivity index (χ4n) is 2.56. The standard InChI is InChI=1S/C13H21N3O3/c1-9-14-13(19-16-9)7-6-12(18)15-11-5-3-2-4-10(11)8-17/h10-11,17H,2-8H2,1H3,(H,15,18). The molecule has 0 spiro atoms. The van der Waals surface area contributed by atoms with Crippen LogP contribution >= 0.6 is 0 Å². The Morgan fingerprint density at radius 3 is 2.95 bits per heavy atom. The maximum atomic E-state index is 11.9. The van der Waals surface area contributed by atoms with Crippen molar-refractivity contribution in [3.8, 4) is 0 Å². The van der Waals surface area contributed by atoms with Gasteiger partial charge in [-0.25, -0.2) is 0 Å². The van der Waals surface area contributed by atoms with E-state index in [0.717, 1.165) is 25.7 Å². The number of carbonyl (C=O) groups excluding carboxylic acids is 1. The summed E-state index contributed by atoms with van der Waals surface area (Å²) >= 11 is 0. The molecule has 1 aliphatic rings. The highest BCUT2D eigenvalue weighted by Crippen LogP contribution is 2.24. The highest BCUT2D eigenvalue weighted by molar-refractivity contribution is 5.76. The third-order valence-electron chi connectivity index (χ3n) is 3.63. The van der Waals surface area contributed by atoms with Crippen LogP contribution in [0.5, 0.6) is 0 Å². The minimum atomic E-state index is -0.0128. The zero-order valence-corrected chi connectivity index (χ0v) is 11.3. The zero-order chi connectivity index (χ0) is 13.7.